The Labute approximate surface area is 200 Å². The third-order valence-corrected chi connectivity index (χ3v) is 5.44. The van der Waals surface area contributed by atoms with Gasteiger partial charge in [-0.3, -0.25) is 20.3 Å². The molecule has 0 atom stereocenters. The van der Waals surface area contributed by atoms with Crippen LogP contribution in [0.15, 0.2) is 73.3 Å². The quantitative estimate of drug-likeness (QED) is 0.327. The zero-order valence-corrected chi connectivity index (χ0v) is 18.9. The number of anilines is 1. The molecule has 35 heavy (non-hydrogen) atoms. The SMILES string of the molecule is CCNC(=O)Nc1nc2c(-c3ncccc3F)cc(-c3ccc(Cc4cccnc4)nc3)cc2[nH]1. The minimum absolute atomic E-state index is 0.177. The molecule has 0 unspecified atom stereocenters. The fraction of sp³-hybridized carbons (Fsp3) is 0.115. The number of carbonyl (C=O) groups is 1. The minimum Gasteiger partial charge on any atom is -0.338 e. The van der Waals surface area contributed by atoms with Crippen LogP contribution in [-0.4, -0.2) is 37.5 Å². The van der Waals surface area contributed by atoms with E-state index in [0.717, 1.165) is 22.4 Å². The van der Waals surface area contributed by atoms with Gasteiger partial charge in [-0.05, 0) is 54.4 Å². The maximum absolute atomic E-state index is 14.7. The van der Waals surface area contributed by atoms with Gasteiger partial charge in [-0.2, -0.15) is 0 Å². The number of imidazole rings is 1. The van der Waals surface area contributed by atoms with Crippen LogP contribution in [0.2, 0.25) is 0 Å². The number of aromatic nitrogens is 5. The number of nitrogens with one attached hydrogen (secondary N) is 3. The Kier molecular flexibility index (Phi) is 6.13. The van der Waals surface area contributed by atoms with Crippen LogP contribution in [0.25, 0.3) is 33.4 Å². The molecule has 5 aromatic rings. The molecule has 4 heterocycles. The van der Waals surface area contributed by atoms with Crippen molar-refractivity contribution in [1.29, 1.82) is 0 Å². The monoisotopic (exact) mass is 467 g/mol. The number of hydrogen-bond acceptors (Lipinski definition) is 5. The lowest BCUT2D eigenvalue weighted by molar-refractivity contribution is 0.252. The molecule has 4 aromatic heterocycles. The smallest absolute Gasteiger partial charge is 0.321 e. The molecule has 0 radical (unpaired) electrons. The summed E-state index contributed by atoms with van der Waals surface area (Å²) in [5.74, 6) is -0.206. The second-order valence-electron chi connectivity index (χ2n) is 7.90. The predicted octanol–water partition coefficient (Wildman–Crippen LogP) is 4.95. The highest BCUT2D eigenvalue weighted by Gasteiger charge is 2.17. The molecule has 8 nitrogen and oxygen atoms in total. The molecule has 174 valence electrons. The fourth-order valence-electron chi connectivity index (χ4n) is 3.83. The molecule has 0 saturated heterocycles. The average molecular weight is 468 g/mol. The van der Waals surface area contributed by atoms with Gasteiger partial charge in [0.05, 0.1) is 5.52 Å². The standard InChI is InChI=1S/C26H22FN7O/c1-2-29-26(35)34-25-32-22-13-18(12-20(24(22)33-25)23-21(27)6-4-10-30-23)17-7-8-19(31-15-17)11-16-5-3-9-28-14-16/h3-10,12-15H,2,11H2,1H3,(H3,29,32,33,34,35). The van der Waals surface area contributed by atoms with Gasteiger partial charge in [0.25, 0.3) is 0 Å². The lowest BCUT2D eigenvalue weighted by Gasteiger charge is -2.08. The highest BCUT2D eigenvalue weighted by Crippen LogP contribution is 2.34. The summed E-state index contributed by atoms with van der Waals surface area (Å²) in [5.41, 5.74) is 5.47. The number of aromatic amines is 1. The zero-order valence-electron chi connectivity index (χ0n) is 18.9. The largest absolute Gasteiger partial charge is 0.338 e. The first kappa shape index (κ1) is 22.1. The summed E-state index contributed by atoms with van der Waals surface area (Å²) >= 11 is 0. The molecule has 0 aliphatic heterocycles. The zero-order chi connectivity index (χ0) is 24.2. The van der Waals surface area contributed by atoms with Crippen LogP contribution in [0.3, 0.4) is 0 Å². The number of hydrogen-bond donors (Lipinski definition) is 3. The van der Waals surface area contributed by atoms with Crippen LogP contribution in [0.4, 0.5) is 15.1 Å². The number of nitrogens with zero attached hydrogens (tertiary/aromatic N) is 4. The number of H-pyrrole nitrogens is 1. The number of benzene rings is 1. The van der Waals surface area contributed by atoms with Gasteiger partial charge in [0.2, 0.25) is 5.95 Å². The fourth-order valence-corrected chi connectivity index (χ4v) is 3.83. The second-order valence-corrected chi connectivity index (χ2v) is 7.90. The van der Waals surface area contributed by atoms with Gasteiger partial charge < -0.3 is 10.3 Å². The van der Waals surface area contributed by atoms with Gasteiger partial charge in [-0.25, -0.2) is 14.2 Å². The predicted molar refractivity (Wildman–Crippen MR) is 132 cm³/mol. The Morgan fingerprint density at radius 1 is 1.03 bits per heavy atom. The van der Waals surface area contributed by atoms with E-state index >= 15 is 0 Å². The summed E-state index contributed by atoms with van der Waals surface area (Å²) in [6.45, 7) is 2.30. The molecule has 1 aromatic carbocycles. The molecule has 0 saturated carbocycles. The minimum atomic E-state index is -0.461. The van der Waals surface area contributed by atoms with E-state index in [2.05, 4.69) is 35.6 Å². The van der Waals surface area contributed by atoms with Crippen molar-refractivity contribution >= 4 is 23.0 Å². The van der Waals surface area contributed by atoms with Crippen molar-refractivity contribution in [2.24, 2.45) is 0 Å². The first-order valence-electron chi connectivity index (χ1n) is 11.1. The highest BCUT2D eigenvalue weighted by atomic mass is 19.1. The summed E-state index contributed by atoms with van der Waals surface area (Å²) in [4.78, 5) is 32.6. The lowest BCUT2D eigenvalue weighted by atomic mass is 10.00. The molecular formula is C26H22FN7O. The summed E-state index contributed by atoms with van der Waals surface area (Å²) in [6.07, 6.45) is 7.56. The average Bonchev–Trinajstić information content (AvgIpc) is 3.27. The van der Waals surface area contributed by atoms with Gasteiger partial charge in [0, 0.05) is 54.6 Å². The number of halogens is 1. The lowest BCUT2D eigenvalue weighted by Crippen LogP contribution is -2.28. The first-order valence-corrected chi connectivity index (χ1v) is 11.1. The van der Waals surface area contributed by atoms with Crippen molar-refractivity contribution in [1.82, 2.24) is 30.2 Å². The number of amides is 2. The van der Waals surface area contributed by atoms with E-state index in [1.807, 2.05) is 49.5 Å². The third kappa shape index (κ3) is 4.84. The van der Waals surface area contributed by atoms with Gasteiger partial charge in [-0.15, -0.1) is 0 Å². The van der Waals surface area contributed by atoms with Crippen molar-refractivity contribution < 1.29 is 9.18 Å². The van der Waals surface area contributed by atoms with Crippen molar-refractivity contribution in [3.05, 3.63) is 90.4 Å². The molecule has 5 rings (SSSR count). The Morgan fingerprint density at radius 2 is 1.91 bits per heavy atom. The number of rotatable bonds is 6. The topological polar surface area (TPSA) is 108 Å². The van der Waals surface area contributed by atoms with Gasteiger partial charge in [0.15, 0.2) is 0 Å². The number of urea groups is 1. The number of fused-ring (bicyclic) bond motifs is 1. The Balaban J connectivity index is 1.55. The summed E-state index contributed by atoms with van der Waals surface area (Å²) in [5, 5.41) is 5.33. The molecule has 0 bridgehead atoms. The van der Waals surface area contributed by atoms with E-state index < -0.39 is 5.82 Å². The summed E-state index contributed by atoms with van der Waals surface area (Å²) in [7, 11) is 0. The van der Waals surface area contributed by atoms with Crippen molar-refractivity contribution in [3.63, 3.8) is 0 Å². The van der Waals surface area contributed by atoms with Gasteiger partial charge >= 0.3 is 6.03 Å². The molecule has 2 amide bonds. The molecule has 0 aliphatic rings. The molecular weight excluding hydrogens is 445 g/mol. The van der Waals surface area contributed by atoms with E-state index in [9.17, 15) is 9.18 Å². The molecule has 0 aliphatic carbocycles. The van der Waals surface area contributed by atoms with Crippen molar-refractivity contribution in [2.75, 3.05) is 11.9 Å². The van der Waals surface area contributed by atoms with Crippen LogP contribution in [-0.2, 0) is 6.42 Å². The molecule has 3 N–H and O–H groups in total. The van der Waals surface area contributed by atoms with Crippen molar-refractivity contribution in [2.45, 2.75) is 13.3 Å². The maximum Gasteiger partial charge on any atom is 0.321 e. The second kappa shape index (κ2) is 9.68. The van der Waals surface area contributed by atoms with Gasteiger partial charge in [-0.1, -0.05) is 12.1 Å². The first-order chi connectivity index (χ1) is 17.1. The van der Waals surface area contributed by atoms with Crippen molar-refractivity contribution in [3.8, 4) is 22.4 Å². The van der Waals surface area contributed by atoms with E-state index in [1.54, 1.807) is 12.4 Å². The maximum atomic E-state index is 14.7. The van der Waals surface area contributed by atoms with E-state index in [-0.39, 0.29) is 17.7 Å². The van der Waals surface area contributed by atoms with E-state index in [4.69, 9.17) is 0 Å². The Hall–Kier alpha value is -4.66. The van der Waals surface area contributed by atoms with Crippen LogP contribution in [0.1, 0.15) is 18.2 Å². The number of pyridine rings is 3. The van der Waals surface area contributed by atoms with Crippen LogP contribution in [0, 0.1) is 5.82 Å². The Morgan fingerprint density at radius 3 is 2.66 bits per heavy atom. The van der Waals surface area contributed by atoms with E-state index in [0.29, 0.717) is 29.6 Å². The highest BCUT2D eigenvalue weighted by molar-refractivity contribution is 5.98. The normalized spacial score (nSPS) is 10.9. The summed E-state index contributed by atoms with van der Waals surface area (Å²) in [6, 6.07) is 14.1. The van der Waals surface area contributed by atoms with Crippen LogP contribution >= 0.6 is 0 Å². The summed E-state index contributed by atoms with van der Waals surface area (Å²) < 4.78 is 14.7. The molecule has 0 fully saturated rings. The van der Waals surface area contributed by atoms with Crippen LogP contribution in [0.5, 0.6) is 0 Å². The van der Waals surface area contributed by atoms with Crippen LogP contribution < -0.4 is 10.6 Å². The molecule has 0 spiro atoms. The van der Waals surface area contributed by atoms with Gasteiger partial charge in [0.1, 0.15) is 17.0 Å². The molecule has 9 heteroatoms. The Bertz CT molecular complexity index is 1480. The number of carbonyl (C=O) groups excluding carboxylic acids is 1. The van der Waals surface area contributed by atoms with E-state index in [1.165, 1.54) is 18.3 Å². The third-order valence-electron chi connectivity index (χ3n) is 5.44.